The molecule has 2 heterocycles. The van der Waals surface area contributed by atoms with E-state index in [4.69, 9.17) is 5.10 Å². The molecule has 0 radical (unpaired) electrons. The van der Waals surface area contributed by atoms with Gasteiger partial charge in [-0.25, -0.2) is 4.68 Å². The van der Waals surface area contributed by atoms with Gasteiger partial charge in [-0.3, -0.25) is 4.79 Å². The van der Waals surface area contributed by atoms with Crippen LogP contribution in [0, 0.1) is 30.6 Å². The number of nitrogens with zero attached hydrogens (tertiary/aromatic N) is 4. The lowest BCUT2D eigenvalue weighted by Gasteiger charge is -2.59. The lowest BCUT2D eigenvalue weighted by atomic mass is 9.56. The standard InChI is InChI=1S/C25H24N4O2/c1-16-5-3-4-6-22(16)29-23(9-17(2)27-29)19-11-25(12-19)14-28(15-25)24(31)21-10-20(30)8-7-18(21)13-26/h3-10,19,30H,11-12,14-15H2,1-2H3. The molecule has 5 rings (SSSR count). The Morgan fingerprint density at radius 1 is 1.16 bits per heavy atom. The molecule has 1 aliphatic carbocycles. The summed E-state index contributed by atoms with van der Waals surface area (Å²) in [6.07, 6.45) is 2.05. The van der Waals surface area contributed by atoms with Crippen LogP contribution in [0.15, 0.2) is 48.5 Å². The summed E-state index contributed by atoms with van der Waals surface area (Å²) >= 11 is 0. The van der Waals surface area contributed by atoms with Crippen molar-refractivity contribution in [3.63, 3.8) is 0 Å². The summed E-state index contributed by atoms with van der Waals surface area (Å²) in [6.45, 7) is 5.52. The first-order valence-electron chi connectivity index (χ1n) is 10.5. The smallest absolute Gasteiger partial charge is 0.255 e. The molecule has 1 saturated carbocycles. The second-order valence-electron chi connectivity index (χ2n) is 9.02. The van der Waals surface area contributed by atoms with E-state index in [9.17, 15) is 15.2 Å². The number of aromatic nitrogens is 2. The highest BCUT2D eigenvalue weighted by Gasteiger charge is 2.54. The maximum Gasteiger partial charge on any atom is 0.255 e. The Morgan fingerprint density at radius 3 is 2.61 bits per heavy atom. The van der Waals surface area contributed by atoms with E-state index in [1.807, 2.05) is 25.1 Å². The van der Waals surface area contributed by atoms with Gasteiger partial charge in [0.2, 0.25) is 0 Å². The highest BCUT2D eigenvalue weighted by Crippen LogP contribution is 2.56. The van der Waals surface area contributed by atoms with Crippen LogP contribution in [0.3, 0.4) is 0 Å². The maximum atomic E-state index is 12.9. The van der Waals surface area contributed by atoms with Crippen LogP contribution in [0.5, 0.6) is 5.75 Å². The summed E-state index contributed by atoms with van der Waals surface area (Å²) in [6, 6.07) is 16.8. The van der Waals surface area contributed by atoms with Crippen LogP contribution in [0.2, 0.25) is 0 Å². The van der Waals surface area contributed by atoms with E-state index in [0.29, 0.717) is 24.6 Å². The third kappa shape index (κ3) is 3.17. The van der Waals surface area contributed by atoms with Crippen molar-refractivity contribution in [3.8, 4) is 17.5 Å². The van der Waals surface area contributed by atoms with Crippen molar-refractivity contribution < 1.29 is 9.90 Å². The Hall–Kier alpha value is -3.59. The summed E-state index contributed by atoms with van der Waals surface area (Å²) in [4.78, 5) is 14.7. The predicted octanol–water partition coefficient (Wildman–Crippen LogP) is 4.09. The highest BCUT2D eigenvalue weighted by molar-refractivity contribution is 5.97. The Labute approximate surface area is 181 Å². The first kappa shape index (κ1) is 19.4. The number of aromatic hydroxyl groups is 1. The summed E-state index contributed by atoms with van der Waals surface area (Å²) in [5.41, 5.74) is 5.29. The van der Waals surface area contributed by atoms with Crippen LogP contribution < -0.4 is 0 Å². The van der Waals surface area contributed by atoms with Gasteiger partial charge in [0.1, 0.15) is 5.75 Å². The molecular weight excluding hydrogens is 388 g/mol. The number of aryl methyl sites for hydroxylation is 2. The van der Waals surface area contributed by atoms with Gasteiger partial charge in [-0.1, -0.05) is 18.2 Å². The van der Waals surface area contributed by atoms with Gasteiger partial charge in [0.05, 0.1) is 28.6 Å². The topological polar surface area (TPSA) is 82.2 Å². The molecule has 3 aromatic rings. The number of para-hydroxylation sites is 1. The van der Waals surface area contributed by atoms with E-state index in [0.717, 1.165) is 24.2 Å². The van der Waals surface area contributed by atoms with Gasteiger partial charge in [0.15, 0.2) is 0 Å². The molecule has 1 spiro atoms. The second-order valence-corrected chi connectivity index (χ2v) is 9.02. The average molecular weight is 412 g/mol. The van der Waals surface area contributed by atoms with Gasteiger partial charge in [-0.05, 0) is 62.6 Å². The number of carbonyl (C=O) groups is 1. The van der Waals surface area contributed by atoms with Crippen molar-refractivity contribution in [2.45, 2.75) is 32.6 Å². The molecule has 0 bridgehead atoms. The van der Waals surface area contributed by atoms with Crippen LogP contribution >= 0.6 is 0 Å². The highest BCUT2D eigenvalue weighted by atomic mass is 16.3. The minimum Gasteiger partial charge on any atom is -0.508 e. The first-order chi connectivity index (χ1) is 14.9. The lowest BCUT2D eigenvalue weighted by Crippen LogP contribution is -2.63. The molecule has 1 amide bonds. The van der Waals surface area contributed by atoms with Gasteiger partial charge in [-0.15, -0.1) is 0 Å². The summed E-state index contributed by atoms with van der Waals surface area (Å²) in [5, 5.41) is 23.8. The molecule has 156 valence electrons. The molecule has 0 unspecified atom stereocenters. The molecule has 6 nitrogen and oxygen atoms in total. The number of phenolic OH excluding ortho intramolecular Hbond substituents is 1. The molecule has 1 aromatic heterocycles. The Morgan fingerprint density at radius 2 is 1.90 bits per heavy atom. The van der Waals surface area contributed by atoms with E-state index in [-0.39, 0.29) is 22.6 Å². The summed E-state index contributed by atoms with van der Waals surface area (Å²) in [7, 11) is 0. The first-order valence-corrected chi connectivity index (χ1v) is 10.5. The minimum absolute atomic E-state index is 0.00105. The zero-order valence-corrected chi connectivity index (χ0v) is 17.7. The Bertz CT molecular complexity index is 1220. The van der Waals surface area contributed by atoms with Gasteiger partial charge in [0, 0.05) is 30.1 Å². The monoisotopic (exact) mass is 412 g/mol. The Kier molecular flexibility index (Phi) is 4.37. The average Bonchev–Trinajstić information content (AvgIpc) is 3.07. The van der Waals surface area contributed by atoms with E-state index in [2.05, 4.69) is 29.8 Å². The lowest BCUT2D eigenvalue weighted by molar-refractivity contribution is -0.0565. The fourth-order valence-corrected chi connectivity index (χ4v) is 5.14. The van der Waals surface area contributed by atoms with Crippen LogP contribution in [0.25, 0.3) is 5.69 Å². The third-order valence-electron chi connectivity index (χ3n) is 6.67. The predicted molar refractivity (Wildman–Crippen MR) is 116 cm³/mol. The van der Waals surface area contributed by atoms with Crippen molar-refractivity contribution in [3.05, 3.63) is 76.6 Å². The second kappa shape index (κ2) is 6.98. The summed E-state index contributed by atoms with van der Waals surface area (Å²) in [5.74, 6) is 0.247. The number of rotatable bonds is 3. The maximum absolute atomic E-state index is 12.9. The number of hydrogen-bond donors (Lipinski definition) is 1. The van der Waals surface area contributed by atoms with E-state index in [1.54, 1.807) is 4.90 Å². The quantitative estimate of drug-likeness (QED) is 0.703. The van der Waals surface area contributed by atoms with Gasteiger partial charge in [0.25, 0.3) is 5.91 Å². The number of carbonyl (C=O) groups excluding carboxylic acids is 1. The van der Waals surface area contributed by atoms with E-state index in [1.165, 1.54) is 29.5 Å². The van der Waals surface area contributed by atoms with Gasteiger partial charge >= 0.3 is 0 Å². The number of amides is 1. The molecule has 6 heteroatoms. The minimum atomic E-state index is -0.178. The van der Waals surface area contributed by atoms with Crippen LogP contribution in [-0.4, -0.2) is 38.8 Å². The van der Waals surface area contributed by atoms with Crippen molar-refractivity contribution in [2.75, 3.05) is 13.1 Å². The number of benzene rings is 2. The zero-order chi connectivity index (χ0) is 21.8. The molecule has 2 fully saturated rings. The van der Waals surface area contributed by atoms with Crippen LogP contribution in [0.1, 0.15) is 51.6 Å². The van der Waals surface area contributed by atoms with E-state index < -0.39 is 0 Å². The molecule has 1 saturated heterocycles. The number of nitriles is 1. The van der Waals surface area contributed by atoms with Crippen molar-refractivity contribution in [2.24, 2.45) is 5.41 Å². The van der Waals surface area contributed by atoms with Crippen molar-refractivity contribution >= 4 is 5.91 Å². The summed E-state index contributed by atoms with van der Waals surface area (Å²) < 4.78 is 2.08. The number of likely N-dealkylation sites (tertiary alicyclic amines) is 1. The number of hydrogen-bond acceptors (Lipinski definition) is 4. The third-order valence-corrected chi connectivity index (χ3v) is 6.67. The molecular formula is C25H24N4O2. The van der Waals surface area contributed by atoms with Gasteiger partial charge in [-0.2, -0.15) is 10.4 Å². The molecule has 31 heavy (non-hydrogen) atoms. The Balaban J connectivity index is 1.30. The molecule has 2 aromatic carbocycles. The fourth-order valence-electron chi connectivity index (χ4n) is 5.14. The largest absolute Gasteiger partial charge is 0.508 e. The fraction of sp³-hybridized carbons (Fsp3) is 0.320. The molecule has 0 atom stereocenters. The van der Waals surface area contributed by atoms with Crippen LogP contribution in [-0.2, 0) is 0 Å². The van der Waals surface area contributed by atoms with Crippen LogP contribution in [0.4, 0.5) is 0 Å². The molecule has 1 N–H and O–H groups in total. The molecule has 2 aliphatic rings. The zero-order valence-electron chi connectivity index (χ0n) is 17.7. The molecule has 1 aliphatic heterocycles. The van der Waals surface area contributed by atoms with Crippen molar-refractivity contribution in [1.29, 1.82) is 5.26 Å². The SMILES string of the molecule is Cc1cc(C2CC3(C2)CN(C(=O)c2cc(O)ccc2C#N)C3)n(-c2ccccc2C)n1. The number of phenols is 1. The normalized spacial score (nSPS) is 17.1. The van der Waals surface area contributed by atoms with Crippen molar-refractivity contribution in [1.82, 2.24) is 14.7 Å². The van der Waals surface area contributed by atoms with Gasteiger partial charge < -0.3 is 10.0 Å². The van der Waals surface area contributed by atoms with E-state index >= 15 is 0 Å².